The molecule has 4 amide bonds. The molecular formula is C37H32F6N2O4. The summed E-state index contributed by atoms with van der Waals surface area (Å²) in [6, 6.07) is 19.0. The number of halogens is 6. The summed E-state index contributed by atoms with van der Waals surface area (Å²) >= 11 is 0. The molecule has 0 atom stereocenters. The fourth-order valence-electron chi connectivity index (χ4n) is 5.88. The number of amides is 4. The number of hydrogen-bond donors (Lipinski definition) is 0. The predicted octanol–water partition coefficient (Wildman–Crippen LogP) is 8.77. The van der Waals surface area contributed by atoms with Crippen molar-refractivity contribution in [2.24, 2.45) is 0 Å². The fraction of sp³-hybridized carbons (Fsp3) is 0.243. The number of benzene rings is 4. The second kappa shape index (κ2) is 13.7. The Morgan fingerprint density at radius 1 is 0.510 bits per heavy atom. The van der Waals surface area contributed by atoms with Crippen LogP contribution >= 0.6 is 0 Å². The minimum atomic E-state index is -6.04. The van der Waals surface area contributed by atoms with E-state index in [1.165, 1.54) is 12.1 Å². The molecule has 0 aromatic heterocycles. The van der Waals surface area contributed by atoms with E-state index in [4.69, 9.17) is 0 Å². The van der Waals surface area contributed by atoms with E-state index >= 15 is 0 Å². The first-order valence-corrected chi connectivity index (χ1v) is 15.4. The van der Waals surface area contributed by atoms with Crippen molar-refractivity contribution in [1.29, 1.82) is 0 Å². The molecule has 6 nitrogen and oxygen atoms in total. The SMILES string of the molecule is CC.CC.CN1C(=O)c2ccc(C(c3ccc4c(c3)C(=O)N(c3ccc(Cc5ccccc5)cc3)C4=O)(C(F)(F)F)C(F)(F)F)cc2C1=O. The lowest BCUT2D eigenvalue weighted by molar-refractivity contribution is -0.288. The van der Waals surface area contributed by atoms with Crippen molar-refractivity contribution in [1.82, 2.24) is 4.90 Å². The van der Waals surface area contributed by atoms with Gasteiger partial charge in [0, 0.05) is 7.05 Å². The van der Waals surface area contributed by atoms with Crippen LogP contribution in [0.15, 0.2) is 91.0 Å². The molecule has 4 aromatic rings. The summed E-state index contributed by atoms with van der Waals surface area (Å²) in [6.07, 6.45) is -11.5. The Hall–Kier alpha value is -5.26. The van der Waals surface area contributed by atoms with Crippen LogP contribution in [0.4, 0.5) is 32.0 Å². The van der Waals surface area contributed by atoms with Gasteiger partial charge in [-0.15, -0.1) is 0 Å². The molecule has 6 rings (SSSR count). The van der Waals surface area contributed by atoms with Crippen LogP contribution < -0.4 is 4.90 Å². The van der Waals surface area contributed by atoms with E-state index in [-0.39, 0.29) is 16.8 Å². The molecule has 0 bridgehead atoms. The van der Waals surface area contributed by atoms with Gasteiger partial charge in [0.25, 0.3) is 23.6 Å². The van der Waals surface area contributed by atoms with E-state index < -0.39 is 63.7 Å². The van der Waals surface area contributed by atoms with E-state index in [0.29, 0.717) is 40.5 Å². The highest BCUT2D eigenvalue weighted by Crippen LogP contribution is 2.57. The molecule has 0 unspecified atom stereocenters. The normalized spacial score (nSPS) is 14.2. The standard InChI is InChI=1S/C33H20F6N2O4.2C2H6/c1-40-27(42)23-13-9-20(16-25(23)28(40)43)31(32(34,35)36,33(37,38)39)21-10-14-24-26(17-21)30(45)41(29(24)44)22-11-7-19(8-12-22)15-18-5-3-2-4-6-18;2*1-2/h2-14,16-17H,15H2,1H3;2*1-2H3. The maximum atomic E-state index is 14.9. The molecule has 0 saturated carbocycles. The molecule has 0 radical (unpaired) electrons. The lowest BCUT2D eigenvalue weighted by Gasteiger charge is -2.38. The van der Waals surface area contributed by atoms with Gasteiger partial charge in [0.05, 0.1) is 27.9 Å². The third-order valence-corrected chi connectivity index (χ3v) is 8.14. The van der Waals surface area contributed by atoms with Crippen LogP contribution in [0, 0.1) is 0 Å². The first-order valence-electron chi connectivity index (χ1n) is 15.4. The van der Waals surface area contributed by atoms with Gasteiger partial charge in [-0.05, 0) is 65.1 Å². The van der Waals surface area contributed by atoms with Gasteiger partial charge in [-0.2, -0.15) is 26.3 Å². The van der Waals surface area contributed by atoms with Gasteiger partial charge in [-0.3, -0.25) is 24.1 Å². The number of hydrogen-bond acceptors (Lipinski definition) is 4. The summed E-state index contributed by atoms with van der Waals surface area (Å²) in [7, 11) is 1.05. The smallest absolute Gasteiger partial charge is 0.277 e. The third kappa shape index (κ3) is 6.00. The summed E-state index contributed by atoms with van der Waals surface area (Å²) in [4.78, 5) is 52.7. The number of carbonyl (C=O) groups excluding carboxylic acids is 4. The number of nitrogens with zero attached hydrogens (tertiary/aromatic N) is 2. The summed E-state index contributed by atoms with van der Waals surface area (Å²) in [5.41, 5.74) is -7.52. The van der Waals surface area contributed by atoms with Crippen LogP contribution in [-0.2, 0) is 11.8 Å². The summed E-state index contributed by atoms with van der Waals surface area (Å²) in [6.45, 7) is 8.00. The number of rotatable bonds is 5. The van der Waals surface area contributed by atoms with Crippen molar-refractivity contribution < 1.29 is 45.5 Å². The van der Waals surface area contributed by atoms with Gasteiger partial charge in [0.2, 0.25) is 5.41 Å². The molecule has 49 heavy (non-hydrogen) atoms. The maximum absolute atomic E-state index is 14.9. The summed E-state index contributed by atoms with van der Waals surface area (Å²) < 4.78 is 89.2. The lowest BCUT2D eigenvalue weighted by atomic mass is 9.71. The molecule has 0 fully saturated rings. The Kier molecular flexibility index (Phi) is 10.2. The Bertz CT molecular complexity index is 1890. The van der Waals surface area contributed by atoms with Gasteiger partial charge in [0.15, 0.2) is 0 Å². The van der Waals surface area contributed by atoms with Crippen LogP contribution in [0.1, 0.15) is 91.4 Å². The molecule has 2 aliphatic heterocycles. The molecule has 4 aromatic carbocycles. The molecule has 0 aliphatic carbocycles. The quantitative estimate of drug-likeness (QED) is 0.156. The zero-order valence-electron chi connectivity index (χ0n) is 27.2. The molecule has 2 heterocycles. The first-order chi connectivity index (χ1) is 23.2. The maximum Gasteiger partial charge on any atom is 0.411 e. The summed E-state index contributed by atoms with van der Waals surface area (Å²) in [5, 5.41) is 0. The lowest BCUT2D eigenvalue weighted by Crippen LogP contribution is -2.55. The van der Waals surface area contributed by atoms with E-state index in [2.05, 4.69) is 0 Å². The molecular weight excluding hydrogens is 650 g/mol. The summed E-state index contributed by atoms with van der Waals surface area (Å²) in [5.74, 6) is -3.94. The molecule has 0 N–H and O–H groups in total. The predicted molar refractivity (Wildman–Crippen MR) is 172 cm³/mol. The average molecular weight is 683 g/mol. The van der Waals surface area contributed by atoms with Gasteiger partial charge in [-0.25, -0.2) is 4.90 Å². The number of alkyl halides is 6. The monoisotopic (exact) mass is 682 g/mol. The Balaban J connectivity index is 0.00000130. The van der Waals surface area contributed by atoms with E-state index in [1.807, 2.05) is 58.0 Å². The molecule has 12 heteroatoms. The number of fused-ring (bicyclic) bond motifs is 2. The minimum absolute atomic E-state index is 0.0865. The van der Waals surface area contributed by atoms with Crippen LogP contribution in [-0.4, -0.2) is 47.9 Å². The van der Waals surface area contributed by atoms with Crippen LogP contribution in [0.5, 0.6) is 0 Å². The highest BCUT2D eigenvalue weighted by Gasteiger charge is 2.73. The van der Waals surface area contributed by atoms with Crippen molar-refractivity contribution in [2.75, 3.05) is 11.9 Å². The van der Waals surface area contributed by atoms with Crippen molar-refractivity contribution >= 4 is 29.3 Å². The number of imide groups is 2. The molecule has 2 aliphatic rings. The first kappa shape index (κ1) is 36.6. The Morgan fingerprint density at radius 2 is 0.918 bits per heavy atom. The largest absolute Gasteiger partial charge is 0.411 e. The van der Waals surface area contributed by atoms with Gasteiger partial charge >= 0.3 is 12.4 Å². The van der Waals surface area contributed by atoms with Gasteiger partial charge in [0.1, 0.15) is 0 Å². The molecule has 256 valence electrons. The van der Waals surface area contributed by atoms with Gasteiger partial charge < -0.3 is 0 Å². The zero-order valence-corrected chi connectivity index (χ0v) is 27.2. The Morgan fingerprint density at radius 3 is 1.41 bits per heavy atom. The molecule has 0 spiro atoms. The second-order valence-corrected chi connectivity index (χ2v) is 10.7. The number of carbonyl (C=O) groups is 4. The van der Waals surface area contributed by atoms with E-state index in [9.17, 15) is 45.5 Å². The van der Waals surface area contributed by atoms with Crippen LogP contribution in [0.25, 0.3) is 0 Å². The highest BCUT2D eigenvalue weighted by molar-refractivity contribution is 6.34. The van der Waals surface area contributed by atoms with E-state index in [1.54, 1.807) is 12.1 Å². The highest BCUT2D eigenvalue weighted by atomic mass is 19.4. The van der Waals surface area contributed by atoms with Crippen molar-refractivity contribution in [3.05, 3.63) is 136 Å². The fourth-order valence-corrected chi connectivity index (χ4v) is 5.88. The minimum Gasteiger partial charge on any atom is -0.277 e. The van der Waals surface area contributed by atoms with Crippen molar-refractivity contribution in [3.8, 4) is 0 Å². The molecule has 0 saturated heterocycles. The topological polar surface area (TPSA) is 74.8 Å². The van der Waals surface area contributed by atoms with Crippen LogP contribution in [0.2, 0.25) is 0 Å². The van der Waals surface area contributed by atoms with Crippen molar-refractivity contribution in [2.45, 2.75) is 51.9 Å². The Labute approximate surface area is 279 Å². The zero-order chi connectivity index (χ0) is 36.5. The van der Waals surface area contributed by atoms with Gasteiger partial charge in [-0.1, -0.05) is 82.3 Å². The third-order valence-electron chi connectivity index (χ3n) is 8.14. The van der Waals surface area contributed by atoms with Crippen LogP contribution in [0.3, 0.4) is 0 Å². The van der Waals surface area contributed by atoms with E-state index in [0.717, 1.165) is 30.3 Å². The average Bonchev–Trinajstić information content (AvgIpc) is 3.45. The van der Waals surface area contributed by atoms with Crippen molar-refractivity contribution in [3.63, 3.8) is 0 Å². The second-order valence-electron chi connectivity index (χ2n) is 10.7. The number of anilines is 1.